The third-order valence-electron chi connectivity index (χ3n) is 1.76. The van der Waals surface area contributed by atoms with E-state index in [0.717, 1.165) is 11.2 Å². The summed E-state index contributed by atoms with van der Waals surface area (Å²) in [6.45, 7) is 4.66. The van der Waals surface area contributed by atoms with Crippen molar-refractivity contribution in [1.82, 2.24) is 0 Å². The minimum Gasteiger partial charge on any atom is -0.159 e. The van der Waals surface area contributed by atoms with Gasteiger partial charge in [-0.1, -0.05) is 13.8 Å². The summed E-state index contributed by atoms with van der Waals surface area (Å²) < 4.78 is 0. The Bertz CT molecular complexity index is 53.2. The van der Waals surface area contributed by atoms with Crippen LogP contribution >= 0.6 is 11.8 Å². The van der Waals surface area contributed by atoms with Crippen LogP contribution < -0.4 is 0 Å². The Balaban J connectivity index is 2.33. The lowest BCUT2D eigenvalue weighted by atomic mass is 10.1. The van der Waals surface area contributed by atoms with Crippen molar-refractivity contribution in [1.29, 1.82) is 0 Å². The summed E-state index contributed by atoms with van der Waals surface area (Å²) in [5.41, 5.74) is 0. The van der Waals surface area contributed by atoms with E-state index < -0.39 is 0 Å². The molecule has 0 unspecified atom stereocenters. The largest absolute Gasteiger partial charge is 0.159 e. The third-order valence-corrected chi connectivity index (χ3v) is 3.22. The fourth-order valence-corrected chi connectivity index (χ4v) is 2.18. The van der Waals surface area contributed by atoms with E-state index in [-0.39, 0.29) is 0 Å². The molecule has 0 nitrogen and oxygen atoms in total. The van der Waals surface area contributed by atoms with Crippen LogP contribution in [0, 0.1) is 5.92 Å². The van der Waals surface area contributed by atoms with Gasteiger partial charge in [-0.2, -0.15) is 11.8 Å². The molecule has 0 N–H and O–H groups in total. The minimum absolute atomic E-state index is 0.931. The molecule has 1 saturated heterocycles. The summed E-state index contributed by atoms with van der Waals surface area (Å²) in [5, 5.41) is 0.931. The van der Waals surface area contributed by atoms with Crippen LogP contribution in [0.4, 0.5) is 0 Å². The van der Waals surface area contributed by atoms with Crippen LogP contribution in [0.15, 0.2) is 0 Å². The van der Waals surface area contributed by atoms with Crippen LogP contribution in [0.5, 0.6) is 0 Å². The van der Waals surface area contributed by atoms with Gasteiger partial charge < -0.3 is 0 Å². The summed E-state index contributed by atoms with van der Waals surface area (Å²) in [6, 6.07) is 0. The molecule has 42 valence electrons. The van der Waals surface area contributed by atoms with Gasteiger partial charge in [-0.15, -0.1) is 0 Å². The van der Waals surface area contributed by atoms with Crippen molar-refractivity contribution in [3.8, 4) is 0 Å². The van der Waals surface area contributed by atoms with E-state index in [0.29, 0.717) is 0 Å². The standard InChI is InChI=1S/C6H12S/c1-5-3-4-7-6(5)2/h5-6H,3-4H2,1-2H3/t5-,6-/m0/s1. The molecule has 7 heavy (non-hydrogen) atoms. The fraction of sp³-hybridized carbons (Fsp3) is 1.00. The van der Waals surface area contributed by atoms with Gasteiger partial charge in [-0.05, 0) is 18.1 Å². The minimum atomic E-state index is 0.931. The molecule has 0 saturated carbocycles. The Kier molecular flexibility index (Phi) is 1.63. The topological polar surface area (TPSA) is 0 Å². The lowest BCUT2D eigenvalue weighted by molar-refractivity contribution is 0.590. The highest BCUT2D eigenvalue weighted by Crippen LogP contribution is 2.30. The average molecular weight is 116 g/mol. The smallest absolute Gasteiger partial charge is 0.00446 e. The predicted octanol–water partition coefficient (Wildman–Crippen LogP) is 2.15. The highest BCUT2D eigenvalue weighted by atomic mass is 32.2. The van der Waals surface area contributed by atoms with Gasteiger partial charge in [0.2, 0.25) is 0 Å². The Morgan fingerprint density at radius 1 is 1.43 bits per heavy atom. The van der Waals surface area contributed by atoms with Crippen molar-refractivity contribution in [2.45, 2.75) is 25.5 Å². The van der Waals surface area contributed by atoms with Crippen LogP contribution in [-0.4, -0.2) is 11.0 Å². The maximum absolute atomic E-state index is 2.34. The van der Waals surface area contributed by atoms with Crippen molar-refractivity contribution in [2.24, 2.45) is 5.92 Å². The molecule has 1 heterocycles. The van der Waals surface area contributed by atoms with Crippen LogP contribution in [0.1, 0.15) is 20.3 Å². The second kappa shape index (κ2) is 2.08. The van der Waals surface area contributed by atoms with E-state index in [1.807, 2.05) is 0 Å². The van der Waals surface area contributed by atoms with Crippen molar-refractivity contribution in [3.63, 3.8) is 0 Å². The highest BCUT2D eigenvalue weighted by molar-refractivity contribution is 8.00. The zero-order chi connectivity index (χ0) is 5.28. The molecule has 0 aromatic carbocycles. The summed E-state index contributed by atoms with van der Waals surface area (Å²) in [6.07, 6.45) is 1.44. The third kappa shape index (κ3) is 1.12. The Labute approximate surface area is 49.7 Å². The van der Waals surface area contributed by atoms with Gasteiger partial charge in [-0.3, -0.25) is 0 Å². The molecule has 0 aromatic rings. The Morgan fingerprint density at radius 3 is 2.29 bits per heavy atom. The second-order valence-corrected chi connectivity index (χ2v) is 3.83. The molecular formula is C6H12S. The fourth-order valence-electron chi connectivity index (χ4n) is 0.839. The Hall–Kier alpha value is 0.350. The van der Waals surface area contributed by atoms with E-state index in [2.05, 4.69) is 25.6 Å². The van der Waals surface area contributed by atoms with Crippen LogP contribution in [0.2, 0.25) is 0 Å². The molecule has 1 fully saturated rings. The first kappa shape index (κ1) is 5.49. The van der Waals surface area contributed by atoms with Crippen LogP contribution in [0.25, 0.3) is 0 Å². The first-order chi connectivity index (χ1) is 3.30. The van der Waals surface area contributed by atoms with Gasteiger partial charge in [0.1, 0.15) is 0 Å². The van der Waals surface area contributed by atoms with Gasteiger partial charge in [0.05, 0.1) is 0 Å². The second-order valence-electron chi connectivity index (χ2n) is 2.34. The lowest BCUT2D eigenvalue weighted by Gasteiger charge is -2.04. The molecule has 1 aliphatic rings. The molecule has 0 radical (unpaired) electrons. The van der Waals surface area contributed by atoms with Crippen LogP contribution in [0.3, 0.4) is 0 Å². The SMILES string of the molecule is C[C@@H]1SCC[C@@H]1C. The van der Waals surface area contributed by atoms with Gasteiger partial charge in [0, 0.05) is 5.25 Å². The summed E-state index contributed by atoms with van der Waals surface area (Å²) >= 11 is 2.11. The summed E-state index contributed by atoms with van der Waals surface area (Å²) in [4.78, 5) is 0. The van der Waals surface area contributed by atoms with E-state index in [1.165, 1.54) is 12.2 Å². The van der Waals surface area contributed by atoms with Crippen molar-refractivity contribution in [2.75, 3.05) is 5.75 Å². The van der Waals surface area contributed by atoms with Crippen molar-refractivity contribution < 1.29 is 0 Å². The molecule has 0 spiro atoms. The van der Waals surface area contributed by atoms with Crippen molar-refractivity contribution >= 4 is 11.8 Å². The molecule has 0 aromatic heterocycles. The van der Waals surface area contributed by atoms with E-state index >= 15 is 0 Å². The first-order valence-corrected chi connectivity index (χ1v) is 3.97. The Morgan fingerprint density at radius 2 is 2.14 bits per heavy atom. The summed E-state index contributed by atoms with van der Waals surface area (Å²) in [5.74, 6) is 2.37. The molecule has 1 rings (SSSR count). The molecule has 2 atom stereocenters. The first-order valence-electron chi connectivity index (χ1n) is 2.92. The van der Waals surface area contributed by atoms with Crippen molar-refractivity contribution in [3.05, 3.63) is 0 Å². The van der Waals surface area contributed by atoms with E-state index in [9.17, 15) is 0 Å². The van der Waals surface area contributed by atoms with E-state index in [4.69, 9.17) is 0 Å². The maximum atomic E-state index is 2.34. The maximum Gasteiger partial charge on any atom is 0.00446 e. The number of hydrogen-bond donors (Lipinski definition) is 0. The highest BCUT2D eigenvalue weighted by Gasteiger charge is 2.18. The molecule has 0 bridgehead atoms. The lowest BCUT2D eigenvalue weighted by Crippen LogP contribution is -2.00. The van der Waals surface area contributed by atoms with Gasteiger partial charge >= 0.3 is 0 Å². The quantitative estimate of drug-likeness (QED) is 0.467. The molecule has 0 aliphatic carbocycles. The zero-order valence-corrected chi connectivity index (χ0v) is 5.79. The molecule has 1 aliphatic heterocycles. The molecule has 1 heteroatoms. The monoisotopic (exact) mass is 116 g/mol. The normalized spacial score (nSPS) is 42.0. The van der Waals surface area contributed by atoms with Gasteiger partial charge in [-0.25, -0.2) is 0 Å². The number of thioether (sulfide) groups is 1. The van der Waals surface area contributed by atoms with Gasteiger partial charge in [0.15, 0.2) is 0 Å². The average Bonchev–Trinajstić information content (AvgIpc) is 1.91. The summed E-state index contributed by atoms with van der Waals surface area (Å²) in [7, 11) is 0. The number of rotatable bonds is 0. The van der Waals surface area contributed by atoms with Crippen LogP contribution in [-0.2, 0) is 0 Å². The molecular weight excluding hydrogens is 104 g/mol. The molecule has 0 amide bonds. The predicted molar refractivity (Wildman–Crippen MR) is 35.7 cm³/mol. The number of hydrogen-bond acceptors (Lipinski definition) is 1. The zero-order valence-electron chi connectivity index (χ0n) is 4.98. The van der Waals surface area contributed by atoms with Gasteiger partial charge in [0.25, 0.3) is 0 Å². The van der Waals surface area contributed by atoms with E-state index in [1.54, 1.807) is 0 Å².